The second kappa shape index (κ2) is 7.19. The van der Waals surface area contributed by atoms with E-state index in [0.717, 1.165) is 24.4 Å². The fourth-order valence-corrected chi connectivity index (χ4v) is 2.82. The number of quaternary nitrogens is 1. The summed E-state index contributed by atoms with van der Waals surface area (Å²) in [6, 6.07) is 7.55. The summed E-state index contributed by atoms with van der Waals surface area (Å²) in [7, 11) is 0. The average molecular weight is 348 g/mol. The lowest BCUT2D eigenvalue weighted by atomic mass is 10.2. The number of benzene rings is 1. The zero-order chi connectivity index (χ0) is 17.1. The van der Waals surface area contributed by atoms with Crippen LogP contribution in [0.3, 0.4) is 0 Å². The number of ether oxygens (including phenoxy) is 2. The monoisotopic (exact) mass is 348 g/mol. The minimum Gasteiger partial charge on any atom is -0.485 e. The first kappa shape index (κ1) is 16.7. The van der Waals surface area contributed by atoms with Crippen LogP contribution in [-0.4, -0.2) is 29.5 Å². The molecule has 7 heteroatoms. The molecule has 0 saturated carbocycles. The van der Waals surface area contributed by atoms with Crippen LogP contribution in [0, 0.1) is 4.84 Å². The van der Waals surface area contributed by atoms with Gasteiger partial charge in [0.15, 0.2) is 18.2 Å². The SMILES string of the molecule is C=C(C)C[NH+](CC)Cn1nc([C@H]2COc3ccccc3O2)oc1=S. The smallest absolute Gasteiger partial charge is 0.292 e. The van der Waals surface area contributed by atoms with Gasteiger partial charge < -0.3 is 18.8 Å². The summed E-state index contributed by atoms with van der Waals surface area (Å²) in [5, 5.41) is 4.49. The van der Waals surface area contributed by atoms with Gasteiger partial charge in [-0.3, -0.25) is 0 Å². The Morgan fingerprint density at radius 2 is 2.17 bits per heavy atom. The van der Waals surface area contributed by atoms with Crippen molar-refractivity contribution in [3.05, 3.63) is 47.1 Å². The van der Waals surface area contributed by atoms with Gasteiger partial charge in [-0.2, -0.15) is 4.68 Å². The topological polar surface area (TPSA) is 53.9 Å². The first-order valence-corrected chi connectivity index (χ1v) is 8.42. The summed E-state index contributed by atoms with van der Waals surface area (Å²) < 4.78 is 19.0. The zero-order valence-electron chi connectivity index (χ0n) is 13.9. The Balaban J connectivity index is 1.75. The van der Waals surface area contributed by atoms with E-state index < -0.39 is 6.10 Å². The lowest BCUT2D eigenvalue weighted by Crippen LogP contribution is -3.11. The van der Waals surface area contributed by atoms with Crippen molar-refractivity contribution >= 4 is 12.2 Å². The molecular weight excluding hydrogens is 326 g/mol. The fourth-order valence-electron chi connectivity index (χ4n) is 2.62. The summed E-state index contributed by atoms with van der Waals surface area (Å²) in [4.78, 5) is 1.66. The minimum atomic E-state index is -0.394. The molecule has 6 nitrogen and oxygen atoms in total. The molecule has 0 aliphatic carbocycles. The normalized spacial score (nSPS) is 17.5. The van der Waals surface area contributed by atoms with Crippen molar-refractivity contribution < 1.29 is 18.8 Å². The van der Waals surface area contributed by atoms with Crippen LogP contribution in [-0.2, 0) is 6.67 Å². The van der Waals surface area contributed by atoms with Crippen molar-refractivity contribution in [2.75, 3.05) is 19.7 Å². The molecule has 2 aromatic rings. The molecule has 1 aromatic carbocycles. The van der Waals surface area contributed by atoms with Gasteiger partial charge in [0.1, 0.15) is 6.61 Å². The van der Waals surface area contributed by atoms with Crippen LogP contribution in [0.15, 0.2) is 40.8 Å². The van der Waals surface area contributed by atoms with E-state index in [1.54, 1.807) is 4.68 Å². The van der Waals surface area contributed by atoms with E-state index in [1.807, 2.05) is 31.2 Å². The number of nitrogens with zero attached hydrogens (tertiary/aromatic N) is 2. The lowest BCUT2D eigenvalue weighted by Gasteiger charge is -2.23. The quantitative estimate of drug-likeness (QED) is 0.640. The number of aromatic nitrogens is 2. The molecule has 2 heterocycles. The van der Waals surface area contributed by atoms with Gasteiger partial charge in [0.2, 0.25) is 6.10 Å². The van der Waals surface area contributed by atoms with Crippen LogP contribution in [0.2, 0.25) is 0 Å². The maximum atomic E-state index is 5.92. The predicted molar refractivity (Wildman–Crippen MR) is 91.8 cm³/mol. The highest BCUT2D eigenvalue weighted by atomic mass is 32.1. The molecule has 128 valence electrons. The number of hydrogen-bond donors (Lipinski definition) is 1. The van der Waals surface area contributed by atoms with Crippen molar-refractivity contribution in [3.8, 4) is 11.5 Å². The average Bonchev–Trinajstić information content (AvgIpc) is 2.94. The number of likely N-dealkylation sites (N-methyl/N-ethyl adjacent to an activating group) is 1. The molecule has 1 unspecified atom stereocenters. The molecular formula is C17H22N3O3S+. The Morgan fingerprint density at radius 3 is 2.88 bits per heavy atom. The minimum absolute atomic E-state index is 0.347. The predicted octanol–water partition coefficient (Wildman–Crippen LogP) is 2.16. The van der Waals surface area contributed by atoms with Crippen LogP contribution in [0.5, 0.6) is 11.5 Å². The van der Waals surface area contributed by atoms with E-state index in [0.29, 0.717) is 29.8 Å². The summed E-state index contributed by atoms with van der Waals surface area (Å²) in [6.45, 7) is 10.9. The van der Waals surface area contributed by atoms with Gasteiger partial charge in [-0.15, -0.1) is 5.10 Å². The van der Waals surface area contributed by atoms with Crippen molar-refractivity contribution in [1.29, 1.82) is 0 Å². The third kappa shape index (κ3) is 3.68. The maximum Gasteiger partial charge on any atom is 0.292 e. The Hall–Kier alpha value is -2.12. The van der Waals surface area contributed by atoms with Crippen LogP contribution >= 0.6 is 12.2 Å². The van der Waals surface area contributed by atoms with Gasteiger partial charge in [-0.05, 0) is 43.8 Å². The van der Waals surface area contributed by atoms with Gasteiger partial charge in [0, 0.05) is 0 Å². The number of rotatable bonds is 6. The third-order valence-corrected chi connectivity index (χ3v) is 4.13. The van der Waals surface area contributed by atoms with E-state index in [4.69, 9.17) is 26.1 Å². The highest BCUT2D eigenvalue weighted by Crippen LogP contribution is 2.35. The van der Waals surface area contributed by atoms with Crippen molar-refractivity contribution in [1.82, 2.24) is 9.78 Å². The van der Waals surface area contributed by atoms with Crippen LogP contribution in [0.4, 0.5) is 0 Å². The first-order valence-electron chi connectivity index (χ1n) is 8.01. The Morgan fingerprint density at radius 1 is 1.42 bits per heavy atom. The number of fused-ring (bicyclic) bond motifs is 1. The standard InChI is InChI=1S/C17H21N3O3S/c1-4-19(9-12(2)3)11-20-17(24)23-16(18-20)15-10-21-13-7-5-6-8-14(13)22-15/h5-8,15H,2,4,9-11H2,1,3H3/p+1/t15-/m1/s1. The molecule has 0 spiro atoms. The summed E-state index contributed by atoms with van der Waals surface area (Å²) in [5.41, 5.74) is 1.13. The van der Waals surface area contributed by atoms with Crippen molar-refractivity contribution in [2.24, 2.45) is 0 Å². The van der Waals surface area contributed by atoms with E-state index in [2.05, 4.69) is 18.6 Å². The van der Waals surface area contributed by atoms with Gasteiger partial charge >= 0.3 is 0 Å². The van der Waals surface area contributed by atoms with Gasteiger partial charge in [-0.1, -0.05) is 18.7 Å². The van der Waals surface area contributed by atoms with Crippen molar-refractivity contribution in [2.45, 2.75) is 26.6 Å². The molecule has 2 atom stereocenters. The molecule has 1 aromatic heterocycles. The maximum absolute atomic E-state index is 5.92. The molecule has 1 aliphatic heterocycles. The molecule has 0 radical (unpaired) electrons. The second-order valence-corrected chi connectivity index (χ2v) is 6.31. The zero-order valence-corrected chi connectivity index (χ0v) is 14.8. The van der Waals surface area contributed by atoms with Crippen LogP contribution in [0.1, 0.15) is 25.8 Å². The number of para-hydroxylation sites is 2. The molecule has 3 rings (SSSR count). The second-order valence-electron chi connectivity index (χ2n) is 5.97. The summed E-state index contributed by atoms with van der Waals surface area (Å²) >= 11 is 5.30. The summed E-state index contributed by atoms with van der Waals surface area (Å²) in [6.07, 6.45) is -0.394. The van der Waals surface area contributed by atoms with Gasteiger partial charge in [-0.25, -0.2) is 0 Å². The molecule has 0 fully saturated rings. The Kier molecular flexibility index (Phi) is 5.01. The molecule has 0 bridgehead atoms. The van der Waals surface area contributed by atoms with Crippen LogP contribution < -0.4 is 14.4 Å². The van der Waals surface area contributed by atoms with E-state index in [-0.39, 0.29) is 0 Å². The molecule has 0 saturated heterocycles. The van der Waals surface area contributed by atoms with E-state index in [9.17, 15) is 0 Å². The molecule has 1 aliphatic rings. The Bertz CT molecular complexity index is 783. The van der Waals surface area contributed by atoms with Crippen LogP contribution in [0.25, 0.3) is 0 Å². The first-order chi connectivity index (χ1) is 11.6. The summed E-state index contributed by atoms with van der Waals surface area (Å²) in [5.74, 6) is 1.86. The fraction of sp³-hybridized carbons (Fsp3) is 0.412. The van der Waals surface area contributed by atoms with Gasteiger partial charge in [0.25, 0.3) is 10.7 Å². The van der Waals surface area contributed by atoms with Crippen molar-refractivity contribution in [3.63, 3.8) is 0 Å². The molecule has 0 amide bonds. The Labute approximate surface area is 146 Å². The molecule has 24 heavy (non-hydrogen) atoms. The number of nitrogens with one attached hydrogen (secondary N) is 1. The highest BCUT2D eigenvalue weighted by molar-refractivity contribution is 7.71. The largest absolute Gasteiger partial charge is 0.485 e. The van der Waals surface area contributed by atoms with E-state index in [1.165, 1.54) is 4.90 Å². The third-order valence-electron chi connectivity index (χ3n) is 3.83. The number of hydrogen-bond acceptors (Lipinski definition) is 5. The highest BCUT2D eigenvalue weighted by Gasteiger charge is 2.27. The van der Waals surface area contributed by atoms with E-state index >= 15 is 0 Å². The lowest BCUT2D eigenvalue weighted by molar-refractivity contribution is -0.917. The molecule has 1 N–H and O–H groups in total. The van der Waals surface area contributed by atoms with Gasteiger partial charge in [0.05, 0.1) is 13.1 Å².